The summed E-state index contributed by atoms with van der Waals surface area (Å²) in [4.78, 5) is 0.911. The molecule has 0 aliphatic carbocycles. The van der Waals surface area contributed by atoms with Crippen molar-refractivity contribution in [2.45, 2.75) is 16.7 Å². The van der Waals surface area contributed by atoms with Crippen molar-refractivity contribution < 1.29 is 8.95 Å². The van der Waals surface area contributed by atoms with Crippen LogP contribution in [0.5, 0.6) is 5.75 Å². The van der Waals surface area contributed by atoms with E-state index >= 15 is 0 Å². The third-order valence-corrected chi connectivity index (χ3v) is 4.62. The third-order valence-electron chi connectivity index (χ3n) is 2.73. The van der Waals surface area contributed by atoms with Gasteiger partial charge in [0.25, 0.3) is 0 Å². The zero-order chi connectivity index (χ0) is 13.2. The standard InChI is InChI=1S/C14H15NO2S/c1-11-7-9-12(10-8-11)18(15,16)14-6-4-3-5-13(14)17-2/h3-10,15H,1-2H3/t18-/m0/s1. The van der Waals surface area contributed by atoms with Crippen LogP contribution in [0.1, 0.15) is 5.56 Å². The monoisotopic (exact) mass is 261 g/mol. The van der Waals surface area contributed by atoms with Crippen LogP contribution in [0, 0.1) is 11.7 Å². The molecule has 0 aromatic heterocycles. The van der Waals surface area contributed by atoms with E-state index in [1.807, 2.05) is 19.1 Å². The first-order valence-electron chi connectivity index (χ1n) is 5.54. The molecular weight excluding hydrogens is 246 g/mol. The average Bonchev–Trinajstić information content (AvgIpc) is 2.39. The van der Waals surface area contributed by atoms with Gasteiger partial charge in [-0.05, 0) is 31.2 Å². The van der Waals surface area contributed by atoms with Gasteiger partial charge in [0.1, 0.15) is 15.5 Å². The minimum absolute atomic E-state index is 0.413. The molecule has 0 saturated heterocycles. The van der Waals surface area contributed by atoms with Crippen LogP contribution in [-0.4, -0.2) is 11.3 Å². The quantitative estimate of drug-likeness (QED) is 0.919. The number of hydrogen-bond donors (Lipinski definition) is 1. The molecule has 0 saturated carbocycles. The normalized spacial score (nSPS) is 13.9. The van der Waals surface area contributed by atoms with Crippen LogP contribution in [0.3, 0.4) is 0 Å². The summed E-state index contributed by atoms with van der Waals surface area (Å²) < 4.78 is 26.0. The summed E-state index contributed by atoms with van der Waals surface area (Å²) in [5.74, 6) is 0.484. The van der Waals surface area contributed by atoms with Crippen molar-refractivity contribution >= 4 is 9.73 Å². The maximum Gasteiger partial charge on any atom is 0.136 e. The molecule has 1 N–H and O–H groups in total. The predicted octanol–water partition coefficient (Wildman–Crippen LogP) is 3.47. The van der Waals surface area contributed by atoms with Crippen molar-refractivity contribution in [1.82, 2.24) is 0 Å². The van der Waals surface area contributed by atoms with Gasteiger partial charge in [0.15, 0.2) is 0 Å². The molecule has 0 unspecified atom stereocenters. The zero-order valence-corrected chi connectivity index (χ0v) is 11.2. The molecule has 0 heterocycles. The van der Waals surface area contributed by atoms with Gasteiger partial charge in [-0.15, -0.1) is 0 Å². The second-order valence-electron chi connectivity index (χ2n) is 4.02. The lowest BCUT2D eigenvalue weighted by Gasteiger charge is -2.12. The lowest BCUT2D eigenvalue weighted by atomic mass is 10.2. The summed E-state index contributed by atoms with van der Waals surface area (Å²) in [5.41, 5.74) is 1.08. The SMILES string of the molecule is COc1ccccc1[S@@](=N)(=O)c1ccc(C)cc1. The Labute approximate surface area is 107 Å². The first kappa shape index (κ1) is 12.6. The number of rotatable bonds is 3. The molecule has 2 rings (SSSR count). The molecule has 3 nitrogen and oxygen atoms in total. The number of hydrogen-bond acceptors (Lipinski definition) is 3. The molecule has 2 aromatic rings. The van der Waals surface area contributed by atoms with E-state index in [4.69, 9.17) is 9.52 Å². The molecule has 0 bridgehead atoms. The number of aryl methyl sites for hydroxylation is 1. The second-order valence-corrected chi connectivity index (χ2v) is 6.04. The van der Waals surface area contributed by atoms with Gasteiger partial charge < -0.3 is 4.74 Å². The first-order valence-corrected chi connectivity index (χ1v) is 7.10. The van der Waals surface area contributed by atoms with Crippen molar-refractivity contribution in [2.75, 3.05) is 7.11 Å². The molecule has 0 aliphatic rings. The van der Waals surface area contributed by atoms with Crippen molar-refractivity contribution in [3.63, 3.8) is 0 Å². The molecule has 0 fully saturated rings. The van der Waals surface area contributed by atoms with E-state index in [9.17, 15) is 4.21 Å². The molecule has 18 heavy (non-hydrogen) atoms. The summed E-state index contributed by atoms with van der Waals surface area (Å²) in [5, 5.41) is 0. The fourth-order valence-corrected chi connectivity index (χ4v) is 3.19. The van der Waals surface area contributed by atoms with E-state index in [2.05, 4.69) is 0 Å². The lowest BCUT2D eigenvalue weighted by Crippen LogP contribution is -2.02. The third kappa shape index (κ3) is 2.24. The molecule has 4 heteroatoms. The van der Waals surface area contributed by atoms with Crippen LogP contribution in [0.15, 0.2) is 58.3 Å². The largest absolute Gasteiger partial charge is 0.495 e. The van der Waals surface area contributed by atoms with E-state index in [1.54, 1.807) is 36.4 Å². The Morgan fingerprint density at radius 3 is 2.28 bits per heavy atom. The van der Waals surface area contributed by atoms with Gasteiger partial charge in [-0.25, -0.2) is 8.99 Å². The summed E-state index contributed by atoms with van der Waals surface area (Å²) in [6, 6.07) is 14.1. The molecule has 0 aliphatic heterocycles. The van der Waals surface area contributed by atoms with Crippen molar-refractivity contribution in [2.24, 2.45) is 0 Å². The number of benzene rings is 2. The van der Waals surface area contributed by atoms with E-state index in [1.165, 1.54) is 7.11 Å². The Kier molecular flexibility index (Phi) is 3.39. The molecule has 2 aromatic carbocycles. The topological polar surface area (TPSA) is 50.1 Å². The Morgan fingerprint density at radius 1 is 1.06 bits per heavy atom. The number of nitrogens with one attached hydrogen (secondary N) is 1. The number of methoxy groups -OCH3 is 1. The Hall–Kier alpha value is -1.81. The molecular formula is C14H15NO2S. The maximum absolute atomic E-state index is 12.7. The highest BCUT2D eigenvalue weighted by molar-refractivity contribution is 7.92. The van der Waals surface area contributed by atoms with Crippen LogP contribution >= 0.6 is 0 Å². The van der Waals surface area contributed by atoms with Crippen molar-refractivity contribution in [3.8, 4) is 5.75 Å². The van der Waals surface area contributed by atoms with E-state index in [0.717, 1.165) is 5.56 Å². The zero-order valence-electron chi connectivity index (χ0n) is 10.3. The lowest BCUT2D eigenvalue weighted by molar-refractivity contribution is 0.404. The fraction of sp³-hybridized carbons (Fsp3) is 0.143. The van der Waals surface area contributed by atoms with Crippen LogP contribution in [0.4, 0.5) is 0 Å². The van der Waals surface area contributed by atoms with E-state index < -0.39 is 9.73 Å². The maximum atomic E-state index is 12.7. The Bertz CT molecular complexity index is 646. The smallest absolute Gasteiger partial charge is 0.136 e. The van der Waals surface area contributed by atoms with Crippen LogP contribution < -0.4 is 4.74 Å². The van der Waals surface area contributed by atoms with Gasteiger partial charge in [-0.2, -0.15) is 0 Å². The van der Waals surface area contributed by atoms with Crippen molar-refractivity contribution in [1.29, 1.82) is 4.78 Å². The molecule has 1 atom stereocenters. The van der Waals surface area contributed by atoms with Crippen LogP contribution in [0.2, 0.25) is 0 Å². The van der Waals surface area contributed by atoms with Gasteiger partial charge in [0.2, 0.25) is 0 Å². The van der Waals surface area contributed by atoms with Crippen LogP contribution in [0.25, 0.3) is 0 Å². The fourth-order valence-electron chi connectivity index (χ4n) is 1.71. The molecule has 0 amide bonds. The summed E-state index contributed by atoms with van der Waals surface area (Å²) >= 11 is 0. The molecule has 0 spiro atoms. The number of para-hydroxylation sites is 1. The minimum Gasteiger partial charge on any atom is -0.495 e. The van der Waals surface area contributed by atoms with Gasteiger partial charge in [-0.1, -0.05) is 29.8 Å². The average molecular weight is 261 g/mol. The summed E-state index contributed by atoms with van der Waals surface area (Å²) in [7, 11) is -1.51. The summed E-state index contributed by atoms with van der Waals surface area (Å²) in [6.45, 7) is 1.96. The minimum atomic E-state index is -3.02. The Balaban J connectivity index is 2.58. The van der Waals surface area contributed by atoms with Crippen molar-refractivity contribution in [3.05, 3.63) is 54.1 Å². The highest BCUT2D eigenvalue weighted by Gasteiger charge is 2.17. The van der Waals surface area contributed by atoms with E-state index in [-0.39, 0.29) is 0 Å². The summed E-state index contributed by atoms with van der Waals surface area (Å²) in [6.07, 6.45) is 0. The van der Waals surface area contributed by atoms with E-state index in [0.29, 0.717) is 15.5 Å². The second kappa shape index (κ2) is 4.82. The first-order chi connectivity index (χ1) is 8.55. The Morgan fingerprint density at radius 2 is 1.67 bits per heavy atom. The van der Waals surface area contributed by atoms with Gasteiger partial charge >= 0.3 is 0 Å². The van der Waals surface area contributed by atoms with Gasteiger partial charge in [-0.3, -0.25) is 0 Å². The number of ether oxygens (including phenoxy) is 1. The highest BCUT2D eigenvalue weighted by atomic mass is 32.2. The molecule has 94 valence electrons. The van der Waals surface area contributed by atoms with Gasteiger partial charge in [0, 0.05) is 0 Å². The van der Waals surface area contributed by atoms with Crippen LogP contribution in [-0.2, 0) is 9.73 Å². The van der Waals surface area contributed by atoms with Gasteiger partial charge in [0.05, 0.1) is 16.9 Å². The predicted molar refractivity (Wildman–Crippen MR) is 71.6 cm³/mol. The molecule has 0 radical (unpaired) electrons. The highest BCUT2D eigenvalue weighted by Crippen LogP contribution is 2.29.